The Morgan fingerprint density at radius 3 is 1.89 bits per heavy atom. The van der Waals surface area contributed by atoms with Crippen LogP contribution in [0.2, 0.25) is 0 Å². The van der Waals surface area contributed by atoms with Crippen molar-refractivity contribution in [2.45, 2.75) is 0 Å². The Kier molecular flexibility index (Phi) is 3.42. The molecule has 2 aromatic rings. The van der Waals surface area contributed by atoms with Gasteiger partial charge in [-0.25, -0.2) is 0 Å². The van der Waals surface area contributed by atoms with Gasteiger partial charge in [-0.1, -0.05) is 12.1 Å². The Hall–Kier alpha value is -2.16. The molecular weight excluding hydrogens is 224 g/mol. The zero-order valence-electron chi connectivity index (χ0n) is 11.0. The van der Waals surface area contributed by atoms with Gasteiger partial charge in [0.15, 0.2) is 0 Å². The second-order valence-corrected chi connectivity index (χ2v) is 4.46. The summed E-state index contributed by atoms with van der Waals surface area (Å²) in [7, 11) is 6.09. The molecule has 0 spiro atoms. The fraction of sp³-hybridized carbons (Fsp3) is 0.200. The Labute approximate surface area is 108 Å². The third-order valence-electron chi connectivity index (χ3n) is 2.96. The topological polar surface area (TPSA) is 26.7 Å². The first-order valence-corrected chi connectivity index (χ1v) is 5.88. The number of phenolic OH excluding ortho intramolecular Hbond substituents is 1. The van der Waals surface area contributed by atoms with Crippen molar-refractivity contribution in [3.8, 4) is 5.75 Å². The molecule has 2 aromatic carbocycles. The second-order valence-electron chi connectivity index (χ2n) is 4.46. The predicted molar refractivity (Wildman–Crippen MR) is 76.9 cm³/mol. The molecule has 0 saturated heterocycles. The molecular formula is C15H18N2O. The zero-order chi connectivity index (χ0) is 13.1. The number of para-hydroxylation sites is 2. The molecule has 0 radical (unpaired) electrons. The lowest BCUT2D eigenvalue weighted by molar-refractivity contribution is 0.475. The lowest BCUT2D eigenvalue weighted by atomic mass is 10.2. The van der Waals surface area contributed by atoms with Gasteiger partial charge in [-0.3, -0.25) is 0 Å². The number of phenols is 1. The molecule has 0 aromatic heterocycles. The monoisotopic (exact) mass is 242 g/mol. The summed E-state index contributed by atoms with van der Waals surface area (Å²) in [5.41, 5.74) is 3.34. The highest BCUT2D eigenvalue weighted by molar-refractivity contribution is 5.76. The summed E-state index contributed by atoms with van der Waals surface area (Å²) < 4.78 is 0. The molecule has 1 N–H and O–H groups in total. The maximum atomic E-state index is 9.33. The van der Waals surface area contributed by atoms with E-state index < -0.39 is 0 Å². The van der Waals surface area contributed by atoms with Gasteiger partial charge in [0.2, 0.25) is 0 Å². The van der Waals surface area contributed by atoms with Crippen molar-refractivity contribution in [2.24, 2.45) is 0 Å². The Morgan fingerprint density at radius 1 is 0.778 bits per heavy atom. The van der Waals surface area contributed by atoms with E-state index >= 15 is 0 Å². The molecule has 0 saturated carbocycles. The van der Waals surface area contributed by atoms with E-state index in [4.69, 9.17) is 0 Å². The largest absolute Gasteiger partial charge is 0.508 e. The average molecular weight is 242 g/mol. The third kappa shape index (κ3) is 2.40. The van der Waals surface area contributed by atoms with Crippen LogP contribution >= 0.6 is 0 Å². The first kappa shape index (κ1) is 12.3. The molecule has 2 rings (SSSR count). The third-order valence-corrected chi connectivity index (χ3v) is 2.96. The van der Waals surface area contributed by atoms with E-state index in [9.17, 15) is 5.11 Å². The normalized spacial score (nSPS) is 10.2. The second kappa shape index (κ2) is 5.00. The molecule has 0 amide bonds. The molecule has 0 bridgehead atoms. The summed E-state index contributed by atoms with van der Waals surface area (Å²) in [5.74, 6) is 0.285. The van der Waals surface area contributed by atoms with Crippen LogP contribution in [0.3, 0.4) is 0 Å². The fourth-order valence-electron chi connectivity index (χ4n) is 1.94. The van der Waals surface area contributed by atoms with Gasteiger partial charge in [-0.05, 0) is 36.4 Å². The van der Waals surface area contributed by atoms with Crippen LogP contribution in [0, 0.1) is 0 Å². The quantitative estimate of drug-likeness (QED) is 0.895. The van der Waals surface area contributed by atoms with Crippen molar-refractivity contribution in [1.29, 1.82) is 0 Å². The lowest BCUT2D eigenvalue weighted by Crippen LogP contribution is -2.16. The van der Waals surface area contributed by atoms with Crippen LogP contribution in [0.1, 0.15) is 0 Å². The average Bonchev–Trinajstić information content (AvgIpc) is 2.39. The number of hydrogen-bond acceptors (Lipinski definition) is 3. The van der Waals surface area contributed by atoms with Crippen molar-refractivity contribution < 1.29 is 5.11 Å². The van der Waals surface area contributed by atoms with E-state index in [1.807, 2.05) is 45.4 Å². The van der Waals surface area contributed by atoms with Gasteiger partial charge in [0.25, 0.3) is 0 Å². The first-order chi connectivity index (χ1) is 8.59. The Morgan fingerprint density at radius 2 is 1.33 bits per heavy atom. The number of rotatable bonds is 3. The summed E-state index contributed by atoms with van der Waals surface area (Å²) in [6, 6.07) is 15.4. The minimum atomic E-state index is 0.285. The van der Waals surface area contributed by atoms with Crippen LogP contribution in [0.25, 0.3) is 0 Å². The Balaban J connectivity index is 2.39. The summed E-state index contributed by atoms with van der Waals surface area (Å²) in [5, 5.41) is 9.33. The van der Waals surface area contributed by atoms with Crippen LogP contribution in [0.15, 0.2) is 48.5 Å². The molecule has 0 aliphatic carbocycles. The number of nitrogens with zero attached hydrogens (tertiary/aromatic N) is 2. The van der Waals surface area contributed by atoms with E-state index in [0.29, 0.717) is 0 Å². The van der Waals surface area contributed by atoms with Gasteiger partial charge in [-0.15, -0.1) is 0 Å². The van der Waals surface area contributed by atoms with Crippen LogP contribution < -0.4 is 9.80 Å². The fourth-order valence-corrected chi connectivity index (χ4v) is 1.94. The van der Waals surface area contributed by atoms with Crippen molar-refractivity contribution in [2.75, 3.05) is 30.9 Å². The highest BCUT2D eigenvalue weighted by atomic mass is 16.3. The van der Waals surface area contributed by atoms with Crippen molar-refractivity contribution in [3.05, 3.63) is 48.5 Å². The SMILES string of the molecule is CN(C)c1ccccc1N(C)c1ccc(O)cc1. The van der Waals surface area contributed by atoms with Gasteiger partial charge < -0.3 is 14.9 Å². The molecule has 94 valence electrons. The summed E-state index contributed by atoms with van der Waals surface area (Å²) in [6.07, 6.45) is 0. The van der Waals surface area contributed by atoms with Crippen LogP contribution in [0.5, 0.6) is 5.75 Å². The molecule has 18 heavy (non-hydrogen) atoms. The van der Waals surface area contributed by atoms with Crippen molar-refractivity contribution in [3.63, 3.8) is 0 Å². The van der Waals surface area contributed by atoms with E-state index in [1.165, 1.54) is 0 Å². The molecule has 3 heteroatoms. The van der Waals surface area contributed by atoms with E-state index in [1.54, 1.807) is 12.1 Å². The van der Waals surface area contributed by atoms with Gasteiger partial charge >= 0.3 is 0 Å². The lowest BCUT2D eigenvalue weighted by Gasteiger charge is -2.25. The molecule has 0 heterocycles. The van der Waals surface area contributed by atoms with Crippen molar-refractivity contribution >= 4 is 17.1 Å². The predicted octanol–water partition coefficient (Wildman–Crippen LogP) is 3.23. The standard InChI is InChI=1S/C15H18N2O/c1-16(2)14-6-4-5-7-15(14)17(3)12-8-10-13(18)11-9-12/h4-11,18H,1-3H3. The van der Waals surface area contributed by atoms with E-state index in [2.05, 4.69) is 21.9 Å². The zero-order valence-corrected chi connectivity index (χ0v) is 11.0. The van der Waals surface area contributed by atoms with Crippen LogP contribution in [-0.2, 0) is 0 Å². The maximum Gasteiger partial charge on any atom is 0.115 e. The minimum Gasteiger partial charge on any atom is -0.508 e. The molecule has 3 nitrogen and oxygen atoms in total. The van der Waals surface area contributed by atoms with Gasteiger partial charge in [-0.2, -0.15) is 0 Å². The molecule has 0 fully saturated rings. The highest BCUT2D eigenvalue weighted by Crippen LogP contribution is 2.32. The van der Waals surface area contributed by atoms with Crippen LogP contribution in [-0.4, -0.2) is 26.2 Å². The van der Waals surface area contributed by atoms with Gasteiger partial charge in [0.1, 0.15) is 5.75 Å². The first-order valence-electron chi connectivity index (χ1n) is 5.88. The molecule has 0 aliphatic rings. The number of aromatic hydroxyl groups is 1. The molecule has 0 atom stereocenters. The van der Waals surface area contributed by atoms with E-state index in [0.717, 1.165) is 17.1 Å². The number of anilines is 3. The summed E-state index contributed by atoms with van der Waals surface area (Å²) >= 11 is 0. The highest BCUT2D eigenvalue weighted by Gasteiger charge is 2.09. The summed E-state index contributed by atoms with van der Waals surface area (Å²) in [4.78, 5) is 4.20. The summed E-state index contributed by atoms with van der Waals surface area (Å²) in [6.45, 7) is 0. The molecule has 0 aliphatic heterocycles. The van der Waals surface area contributed by atoms with Gasteiger partial charge in [0, 0.05) is 26.8 Å². The van der Waals surface area contributed by atoms with E-state index in [-0.39, 0.29) is 5.75 Å². The number of benzene rings is 2. The number of hydrogen-bond donors (Lipinski definition) is 1. The maximum absolute atomic E-state index is 9.33. The van der Waals surface area contributed by atoms with Crippen LogP contribution in [0.4, 0.5) is 17.1 Å². The smallest absolute Gasteiger partial charge is 0.115 e. The van der Waals surface area contributed by atoms with Crippen molar-refractivity contribution in [1.82, 2.24) is 0 Å². The molecule has 0 unspecified atom stereocenters. The minimum absolute atomic E-state index is 0.285. The Bertz CT molecular complexity index is 520. The van der Waals surface area contributed by atoms with Gasteiger partial charge in [0.05, 0.1) is 11.4 Å².